The van der Waals surface area contributed by atoms with Crippen LogP contribution in [0.1, 0.15) is 22.3 Å². The molecule has 0 radical (unpaired) electrons. The molecular weight excluding hydrogens is 246 g/mol. The van der Waals surface area contributed by atoms with E-state index >= 15 is 0 Å². The molecule has 2 N–H and O–H groups in total. The van der Waals surface area contributed by atoms with Crippen molar-refractivity contribution in [1.82, 2.24) is 4.90 Å². The van der Waals surface area contributed by atoms with Gasteiger partial charge in [0.15, 0.2) is 0 Å². The molecule has 100 valence electrons. The summed E-state index contributed by atoms with van der Waals surface area (Å²) in [5, 5.41) is 8.95. The summed E-state index contributed by atoms with van der Waals surface area (Å²) in [7, 11) is 0. The van der Waals surface area contributed by atoms with Crippen LogP contribution in [0.5, 0.6) is 0 Å². The maximum atomic E-state index is 8.95. The topological polar surface area (TPSA) is 53.0 Å². The normalized spacial score (nSPS) is 14.6. The van der Waals surface area contributed by atoms with Crippen molar-refractivity contribution in [2.75, 3.05) is 12.3 Å². The first-order chi connectivity index (χ1) is 9.74. The number of hydrogen-bond donors (Lipinski definition) is 1. The third-order valence-electron chi connectivity index (χ3n) is 3.78. The van der Waals surface area contributed by atoms with E-state index in [0.29, 0.717) is 0 Å². The number of nitriles is 1. The van der Waals surface area contributed by atoms with E-state index in [1.165, 1.54) is 16.7 Å². The standard InChI is InChI=1S/C17H17N3/c18-10-13-2-1-3-14(8-13)11-20-7-6-15-9-17(19)5-4-16(15)12-20/h1-5,8-9H,6-7,11-12,19H2. The van der Waals surface area contributed by atoms with Crippen LogP contribution in [0.25, 0.3) is 0 Å². The summed E-state index contributed by atoms with van der Waals surface area (Å²) in [6.45, 7) is 2.87. The minimum absolute atomic E-state index is 0.729. The van der Waals surface area contributed by atoms with Crippen LogP contribution in [0.2, 0.25) is 0 Å². The highest BCUT2D eigenvalue weighted by Crippen LogP contribution is 2.22. The first-order valence-corrected chi connectivity index (χ1v) is 6.83. The molecule has 2 aromatic rings. The molecule has 0 fully saturated rings. The van der Waals surface area contributed by atoms with Crippen LogP contribution >= 0.6 is 0 Å². The highest BCUT2D eigenvalue weighted by molar-refractivity contribution is 5.45. The third kappa shape index (κ3) is 2.66. The Hall–Kier alpha value is -2.31. The van der Waals surface area contributed by atoms with Crippen molar-refractivity contribution in [2.45, 2.75) is 19.5 Å². The van der Waals surface area contributed by atoms with E-state index in [2.05, 4.69) is 29.2 Å². The third-order valence-corrected chi connectivity index (χ3v) is 3.78. The van der Waals surface area contributed by atoms with E-state index in [1.54, 1.807) is 0 Å². The summed E-state index contributed by atoms with van der Waals surface area (Å²) in [6.07, 6.45) is 1.04. The molecule has 20 heavy (non-hydrogen) atoms. The molecule has 1 heterocycles. The zero-order chi connectivity index (χ0) is 13.9. The molecule has 0 unspecified atom stereocenters. The van der Waals surface area contributed by atoms with Gasteiger partial charge < -0.3 is 5.73 Å². The predicted molar refractivity (Wildman–Crippen MR) is 79.8 cm³/mol. The van der Waals surface area contributed by atoms with Crippen molar-refractivity contribution in [1.29, 1.82) is 5.26 Å². The Morgan fingerprint density at radius 1 is 1.15 bits per heavy atom. The second kappa shape index (κ2) is 5.36. The number of nitrogens with two attached hydrogens (primary N) is 1. The van der Waals surface area contributed by atoms with Gasteiger partial charge in [-0.2, -0.15) is 5.26 Å². The number of nitrogen functional groups attached to an aromatic ring is 1. The zero-order valence-corrected chi connectivity index (χ0v) is 11.3. The zero-order valence-electron chi connectivity index (χ0n) is 11.3. The molecule has 0 bridgehead atoms. The van der Waals surface area contributed by atoms with Crippen molar-refractivity contribution in [3.8, 4) is 6.07 Å². The van der Waals surface area contributed by atoms with E-state index in [9.17, 15) is 0 Å². The fourth-order valence-electron chi connectivity index (χ4n) is 2.76. The lowest BCUT2D eigenvalue weighted by Crippen LogP contribution is -2.30. The molecular formula is C17H17N3. The Labute approximate surface area is 119 Å². The molecule has 2 aromatic carbocycles. The summed E-state index contributed by atoms with van der Waals surface area (Å²) in [5.74, 6) is 0. The Morgan fingerprint density at radius 2 is 2.05 bits per heavy atom. The summed E-state index contributed by atoms with van der Waals surface area (Å²) >= 11 is 0. The fourth-order valence-corrected chi connectivity index (χ4v) is 2.76. The molecule has 1 aliphatic rings. The lowest BCUT2D eigenvalue weighted by molar-refractivity contribution is 0.245. The van der Waals surface area contributed by atoms with E-state index in [4.69, 9.17) is 11.0 Å². The van der Waals surface area contributed by atoms with Crippen molar-refractivity contribution < 1.29 is 0 Å². The van der Waals surface area contributed by atoms with Gasteiger partial charge in [-0.25, -0.2) is 0 Å². The number of benzene rings is 2. The average Bonchev–Trinajstić information content (AvgIpc) is 2.47. The molecule has 0 saturated carbocycles. The molecule has 1 aliphatic heterocycles. The van der Waals surface area contributed by atoms with Crippen molar-refractivity contribution in [2.24, 2.45) is 0 Å². The van der Waals surface area contributed by atoms with Crippen LogP contribution in [0.3, 0.4) is 0 Å². The van der Waals surface area contributed by atoms with Gasteiger partial charge in [-0.3, -0.25) is 4.90 Å². The molecule has 0 spiro atoms. The monoisotopic (exact) mass is 263 g/mol. The van der Waals surface area contributed by atoms with Gasteiger partial charge >= 0.3 is 0 Å². The number of rotatable bonds is 2. The van der Waals surface area contributed by atoms with E-state index < -0.39 is 0 Å². The summed E-state index contributed by atoms with van der Waals surface area (Å²) in [4.78, 5) is 2.41. The molecule has 3 rings (SSSR count). The van der Waals surface area contributed by atoms with Crippen LogP contribution in [-0.2, 0) is 19.5 Å². The fraction of sp³-hybridized carbons (Fsp3) is 0.235. The van der Waals surface area contributed by atoms with Gasteiger partial charge in [0, 0.05) is 25.3 Å². The Balaban J connectivity index is 1.74. The molecule has 3 heteroatoms. The maximum Gasteiger partial charge on any atom is 0.0991 e. The van der Waals surface area contributed by atoms with Gasteiger partial charge in [-0.15, -0.1) is 0 Å². The van der Waals surface area contributed by atoms with Gasteiger partial charge in [0.1, 0.15) is 0 Å². The molecule has 0 aliphatic carbocycles. The minimum Gasteiger partial charge on any atom is -0.399 e. The van der Waals surface area contributed by atoms with E-state index in [1.807, 2.05) is 24.3 Å². The predicted octanol–water partition coefficient (Wildman–Crippen LogP) is 2.70. The van der Waals surface area contributed by atoms with Crippen LogP contribution in [0.4, 0.5) is 5.69 Å². The van der Waals surface area contributed by atoms with E-state index in [-0.39, 0.29) is 0 Å². The Morgan fingerprint density at radius 3 is 2.90 bits per heavy atom. The van der Waals surface area contributed by atoms with Gasteiger partial charge in [-0.1, -0.05) is 18.2 Å². The molecule has 0 aromatic heterocycles. The van der Waals surface area contributed by atoms with Crippen LogP contribution in [0.15, 0.2) is 42.5 Å². The average molecular weight is 263 g/mol. The van der Waals surface area contributed by atoms with Crippen molar-refractivity contribution >= 4 is 5.69 Å². The molecule has 0 atom stereocenters. The number of nitrogens with zero attached hydrogens (tertiary/aromatic N) is 2. The molecule has 3 nitrogen and oxygen atoms in total. The Bertz CT molecular complexity index is 670. The van der Waals surface area contributed by atoms with Crippen LogP contribution in [-0.4, -0.2) is 11.4 Å². The molecule has 0 amide bonds. The summed E-state index contributed by atoms with van der Waals surface area (Å²) in [6, 6.07) is 16.2. The van der Waals surface area contributed by atoms with E-state index in [0.717, 1.165) is 37.3 Å². The number of fused-ring (bicyclic) bond motifs is 1. The number of hydrogen-bond acceptors (Lipinski definition) is 3. The largest absolute Gasteiger partial charge is 0.399 e. The number of anilines is 1. The molecule has 0 saturated heterocycles. The van der Waals surface area contributed by atoms with Crippen molar-refractivity contribution in [3.05, 3.63) is 64.7 Å². The lowest BCUT2D eigenvalue weighted by Gasteiger charge is -2.29. The quantitative estimate of drug-likeness (QED) is 0.848. The second-order valence-corrected chi connectivity index (χ2v) is 5.30. The van der Waals surface area contributed by atoms with Crippen LogP contribution < -0.4 is 5.73 Å². The lowest BCUT2D eigenvalue weighted by atomic mass is 9.98. The highest BCUT2D eigenvalue weighted by atomic mass is 15.1. The van der Waals surface area contributed by atoms with Crippen LogP contribution in [0, 0.1) is 11.3 Å². The van der Waals surface area contributed by atoms with Gasteiger partial charge in [0.25, 0.3) is 0 Å². The Kier molecular flexibility index (Phi) is 3.41. The van der Waals surface area contributed by atoms with Gasteiger partial charge in [0.2, 0.25) is 0 Å². The van der Waals surface area contributed by atoms with Gasteiger partial charge in [-0.05, 0) is 47.4 Å². The summed E-state index contributed by atoms with van der Waals surface area (Å²) in [5.41, 5.74) is 11.3. The second-order valence-electron chi connectivity index (χ2n) is 5.30. The highest BCUT2D eigenvalue weighted by Gasteiger charge is 2.16. The smallest absolute Gasteiger partial charge is 0.0991 e. The summed E-state index contributed by atoms with van der Waals surface area (Å²) < 4.78 is 0. The first kappa shape index (κ1) is 12.7. The first-order valence-electron chi connectivity index (χ1n) is 6.83. The minimum atomic E-state index is 0.729. The maximum absolute atomic E-state index is 8.95. The van der Waals surface area contributed by atoms with Gasteiger partial charge in [0.05, 0.1) is 11.6 Å². The van der Waals surface area contributed by atoms with Crippen molar-refractivity contribution in [3.63, 3.8) is 0 Å². The SMILES string of the molecule is N#Cc1cccc(CN2CCc3cc(N)ccc3C2)c1.